The molecule has 2 aromatic rings. The number of anilines is 1. The van der Waals surface area contributed by atoms with Crippen LogP contribution < -0.4 is 9.62 Å². The Balaban J connectivity index is 1.89. The summed E-state index contributed by atoms with van der Waals surface area (Å²) in [6, 6.07) is 13.7. The molecule has 2 aromatic carbocycles. The average molecular weight is 564 g/mol. The Labute approximate surface area is 217 Å². The Hall–Kier alpha value is -2.41. The van der Waals surface area contributed by atoms with Crippen molar-refractivity contribution in [1.82, 2.24) is 5.32 Å². The zero-order valence-electron chi connectivity index (χ0n) is 18.6. The second kappa shape index (κ2) is 11.3. The molecule has 3 atom stereocenters. The minimum Gasteiger partial charge on any atom is -0.755 e. The van der Waals surface area contributed by atoms with Gasteiger partial charge in [0.1, 0.15) is 0 Å². The van der Waals surface area contributed by atoms with Crippen LogP contribution in [0, 0.1) is 0 Å². The van der Waals surface area contributed by atoms with E-state index in [0.29, 0.717) is 16.8 Å². The number of hydrogen-bond acceptors (Lipinski definition) is 5. The quantitative estimate of drug-likeness (QED) is 0.363. The number of aliphatic hydroxyl groups excluding tert-OH is 1. The molecule has 0 aliphatic heterocycles. The van der Waals surface area contributed by atoms with Gasteiger partial charge in [-0.25, -0.2) is 0 Å². The number of rotatable bonds is 8. The van der Waals surface area contributed by atoms with Crippen molar-refractivity contribution in [2.45, 2.75) is 23.8 Å². The predicted octanol–water partition coefficient (Wildman–Crippen LogP) is 4.52. The predicted molar refractivity (Wildman–Crippen MR) is 129 cm³/mol. The molecule has 0 saturated heterocycles. The van der Waals surface area contributed by atoms with Crippen LogP contribution >= 0.6 is 23.2 Å². The zero-order chi connectivity index (χ0) is 26.7. The fraction of sp³-hybridized carbons (Fsp3) is 0.261. The lowest BCUT2D eigenvalue weighted by molar-refractivity contribution is -0.342. The first kappa shape index (κ1) is 28.2. The molecule has 0 fully saturated rings. The number of benzene rings is 2. The van der Waals surface area contributed by atoms with Gasteiger partial charge < -0.3 is 19.3 Å². The summed E-state index contributed by atoms with van der Waals surface area (Å²) in [7, 11) is 1.33. The van der Waals surface area contributed by atoms with Gasteiger partial charge in [-0.1, -0.05) is 65.7 Å². The van der Waals surface area contributed by atoms with Crippen LogP contribution in [0.25, 0.3) is 5.57 Å². The van der Waals surface area contributed by atoms with Crippen molar-refractivity contribution in [2.24, 2.45) is 0 Å². The number of nitrogens with one attached hydrogen (secondary N) is 1. The van der Waals surface area contributed by atoms with E-state index < -0.39 is 47.5 Å². The van der Waals surface area contributed by atoms with E-state index in [1.807, 2.05) is 0 Å². The molecule has 1 aliphatic carbocycles. The number of ether oxygens (including phenoxy) is 1. The Bertz CT molecular complexity index is 1190. The lowest BCUT2D eigenvalue weighted by Crippen LogP contribution is -2.40. The van der Waals surface area contributed by atoms with Crippen molar-refractivity contribution in [3.05, 3.63) is 82.5 Å². The SMILES string of the molecule is CN(c1ccc(C(CO)C(=O)NC2=CC(Cl)=C(c3ccccc3)C(Cl)(OC(F)(F)F)C2)cc1)S(=O)[O-]. The molecule has 0 saturated carbocycles. The van der Waals surface area contributed by atoms with Gasteiger partial charge in [0, 0.05) is 41.7 Å². The lowest BCUT2D eigenvalue weighted by atomic mass is 9.91. The van der Waals surface area contributed by atoms with Gasteiger partial charge >= 0.3 is 6.36 Å². The lowest BCUT2D eigenvalue weighted by Gasteiger charge is -2.35. The van der Waals surface area contributed by atoms with Gasteiger partial charge in [-0.2, -0.15) is 0 Å². The van der Waals surface area contributed by atoms with Crippen LogP contribution in [0.1, 0.15) is 23.5 Å². The fourth-order valence-corrected chi connectivity index (χ4v) is 4.86. The van der Waals surface area contributed by atoms with E-state index in [-0.39, 0.29) is 16.3 Å². The van der Waals surface area contributed by atoms with E-state index in [1.165, 1.54) is 49.5 Å². The number of amides is 1. The highest BCUT2D eigenvalue weighted by molar-refractivity contribution is 7.80. The molecular formula is C23H20Cl2F3N2O5S-. The van der Waals surface area contributed by atoms with Crippen molar-refractivity contribution in [3.63, 3.8) is 0 Å². The maximum atomic E-state index is 13.3. The molecule has 36 heavy (non-hydrogen) atoms. The monoisotopic (exact) mass is 563 g/mol. The summed E-state index contributed by atoms with van der Waals surface area (Å²) < 4.78 is 67.3. The van der Waals surface area contributed by atoms with Gasteiger partial charge in [0.25, 0.3) is 0 Å². The molecule has 7 nitrogen and oxygen atoms in total. The largest absolute Gasteiger partial charge is 0.755 e. The Morgan fingerprint density at radius 2 is 1.86 bits per heavy atom. The standard InChI is InChI=1S/C23H21Cl2F3N2O5S/c1-30(36(33)34)17-9-7-14(8-10-17)18(13-31)21(32)29-16-11-19(24)20(15-5-3-2-4-6-15)22(25,12-16)35-23(26,27)28/h2-11,18,31H,12-13H2,1H3,(H,29,32)(H,33,34)/p-1. The topological polar surface area (TPSA) is 102 Å². The minimum atomic E-state index is -5.11. The average Bonchev–Trinajstić information content (AvgIpc) is 2.78. The van der Waals surface area contributed by atoms with Crippen molar-refractivity contribution in [2.75, 3.05) is 18.0 Å². The van der Waals surface area contributed by atoms with Crippen LogP contribution in [0.5, 0.6) is 0 Å². The Kier molecular flexibility index (Phi) is 8.86. The summed E-state index contributed by atoms with van der Waals surface area (Å²) in [6.45, 7) is -0.633. The summed E-state index contributed by atoms with van der Waals surface area (Å²) in [5.74, 6) is -1.86. The van der Waals surface area contributed by atoms with Gasteiger partial charge in [-0.3, -0.25) is 13.7 Å². The van der Waals surface area contributed by atoms with Crippen molar-refractivity contribution in [1.29, 1.82) is 0 Å². The minimum absolute atomic E-state index is 0.0551. The highest BCUT2D eigenvalue weighted by Gasteiger charge is 2.48. The second-order valence-electron chi connectivity index (χ2n) is 7.74. The Morgan fingerprint density at radius 3 is 2.39 bits per heavy atom. The maximum absolute atomic E-state index is 13.3. The van der Waals surface area contributed by atoms with Gasteiger partial charge in [0.2, 0.25) is 5.91 Å². The fourth-order valence-electron chi connectivity index (χ4n) is 3.68. The first-order valence-corrected chi connectivity index (χ1v) is 12.1. The molecule has 13 heteroatoms. The number of carbonyl (C=O) groups excluding carboxylic acids is 1. The summed E-state index contributed by atoms with van der Waals surface area (Å²) in [5.41, 5.74) is 0.799. The van der Waals surface area contributed by atoms with Crippen LogP contribution in [0.2, 0.25) is 0 Å². The van der Waals surface area contributed by atoms with Crippen molar-refractivity contribution < 1.29 is 36.6 Å². The number of halogens is 5. The van der Waals surface area contributed by atoms with E-state index in [1.54, 1.807) is 18.2 Å². The summed E-state index contributed by atoms with van der Waals surface area (Å²) in [6.07, 6.45) is -4.42. The summed E-state index contributed by atoms with van der Waals surface area (Å²) in [5, 5.41) is 9.65. The highest BCUT2D eigenvalue weighted by atomic mass is 35.5. The summed E-state index contributed by atoms with van der Waals surface area (Å²) >= 11 is 10.2. The van der Waals surface area contributed by atoms with Crippen LogP contribution in [0.15, 0.2) is 71.4 Å². The second-order valence-corrected chi connectivity index (χ2v) is 9.74. The van der Waals surface area contributed by atoms with E-state index in [9.17, 15) is 31.8 Å². The molecule has 0 radical (unpaired) electrons. The summed E-state index contributed by atoms with van der Waals surface area (Å²) in [4.78, 5) is 12.9. The first-order valence-electron chi connectivity index (χ1n) is 10.3. The van der Waals surface area contributed by atoms with E-state index >= 15 is 0 Å². The number of hydrogen-bond donors (Lipinski definition) is 2. The van der Waals surface area contributed by atoms with Gasteiger partial charge in [-0.05, 0) is 29.3 Å². The molecule has 0 spiro atoms. The van der Waals surface area contributed by atoms with Crippen LogP contribution in [-0.4, -0.2) is 44.9 Å². The molecule has 0 heterocycles. The molecule has 3 unspecified atom stereocenters. The molecule has 0 aromatic heterocycles. The van der Waals surface area contributed by atoms with E-state index in [2.05, 4.69) is 10.1 Å². The molecule has 2 N–H and O–H groups in total. The number of alkyl halides is 4. The van der Waals surface area contributed by atoms with Crippen molar-refractivity contribution >= 4 is 51.6 Å². The van der Waals surface area contributed by atoms with Crippen molar-refractivity contribution in [3.8, 4) is 0 Å². The molecule has 3 rings (SSSR count). The van der Waals surface area contributed by atoms with Crippen LogP contribution in [0.3, 0.4) is 0 Å². The first-order chi connectivity index (χ1) is 16.8. The van der Waals surface area contributed by atoms with E-state index in [4.69, 9.17) is 23.2 Å². The smallest absolute Gasteiger partial charge is 0.524 e. The number of allylic oxidation sites excluding steroid dienone is 2. The zero-order valence-corrected chi connectivity index (χ0v) is 20.9. The van der Waals surface area contributed by atoms with Gasteiger partial charge in [0.05, 0.1) is 17.6 Å². The van der Waals surface area contributed by atoms with Crippen LogP contribution in [-0.2, 0) is 20.8 Å². The normalized spacial score (nSPS) is 19.9. The highest BCUT2D eigenvalue weighted by Crippen LogP contribution is 2.48. The third-order valence-corrected chi connectivity index (χ3v) is 6.69. The molecule has 0 bridgehead atoms. The third kappa shape index (κ3) is 6.67. The van der Waals surface area contributed by atoms with Crippen LogP contribution in [0.4, 0.5) is 18.9 Å². The molecule has 194 valence electrons. The molecule has 1 aliphatic rings. The van der Waals surface area contributed by atoms with E-state index in [0.717, 1.165) is 4.31 Å². The van der Waals surface area contributed by atoms with Gasteiger partial charge in [-0.15, -0.1) is 13.2 Å². The Morgan fingerprint density at radius 1 is 1.25 bits per heavy atom. The third-order valence-electron chi connectivity index (χ3n) is 5.34. The molecule has 1 amide bonds. The van der Waals surface area contributed by atoms with Gasteiger partial charge in [0.15, 0.2) is 5.06 Å². The maximum Gasteiger partial charge on any atom is 0.524 e. The number of carbonyl (C=O) groups is 1. The molecular weight excluding hydrogens is 544 g/mol. The number of aliphatic hydroxyl groups is 1. The number of nitrogens with zero attached hydrogens (tertiary/aromatic N) is 1.